The monoisotopic (exact) mass is 340 g/mol. The van der Waals surface area contributed by atoms with E-state index in [0.717, 1.165) is 25.9 Å². The molecule has 0 bridgehead atoms. The molecule has 126 valence electrons. The first-order valence-electron chi connectivity index (χ1n) is 8.17. The summed E-state index contributed by atoms with van der Waals surface area (Å²) < 4.78 is 19.2. The van der Waals surface area contributed by atoms with E-state index in [1.54, 1.807) is 12.1 Å². The number of carbonyl (C=O) groups is 1. The summed E-state index contributed by atoms with van der Waals surface area (Å²) >= 11 is 6.09. The fourth-order valence-corrected chi connectivity index (χ4v) is 3.46. The highest BCUT2D eigenvalue weighted by atomic mass is 35.5. The average molecular weight is 341 g/mol. The maximum absolute atomic E-state index is 13.9. The summed E-state index contributed by atoms with van der Waals surface area (Å²) in [4.78, 5) is 16.6. The number of amides is 1. The van der Waals surface area contributed by atoms with Crippen molar-refractivity contribution >= 4 is 17.5 Å². The highest BCUT2D eigenvalue weighted by Gasteiger charge is 2.29. The second-order valence-corrected chi connectivity index (χ2v) is 6.60. The maximum atomic E-state index is 13.9. The molecule has 0 radical (unpaired) electrons. The molecule has 1 amide bonds. The zero-order chi connectivity index (χ0) is 16.2. The van der Waals surface area contributed by atoms with E-state index in [0.29, 0.717) is 43.4 Å². The van der Waals surface area contributed by atoms with Crippen LogP contribution in [0.5, 0.6) is 0 Å². The largest absolute Gasteiger partial charge is 0.381 e. The summed E-state index contributed by atoms with van der Waals surface area (Å²) in [6, 6.07) is 4.77. The predicted octanol–water partition coefficient (Wildman–Crippen LogP) is 2.55. The number of benzene rings is 1. The number of halogens is 2. The molecule has 2 aliphatic heterocycles. The van der Waals surface area contributed by atoms with Gasteiger partial charge in [0.25, 0.3) is 0 Å². The van der Waals surface area contributed by atoms with Gasteiger partial charge in [-0.25, -0.2) is 4.39 Å². The molecular weight excluding hydrogens is 319 g/mol. The van der Waals surface area contributed by atoms with Crippen LogP contribution in [0, 0.1) is 11.7 Å². The van der Waals surface area contributed by atoms with E-state index in [2.05, 4.69) is 4.90 Å². The third-order valence-corrected chi connectivity index (χ3v) is 5.05. The number of nitrogens with zero attached hydrogens (tertiary/aromatic N) is 2. The van der Waals surface area contributed by atoms with Gasteiger partial charge in [0, 0.05) is 62.4 Å². The Labute approximate surface area is 141 Å². The van der Waals surface area contributed by atoms with Gasteiger partial charge in [0.05, 0.1) is 0 Å². The topological polar surface area (TPSA) is 32.8 Å². The van der Waals surface area contributed by atoms with E-state index in [-0.39, 0.29) is 17.6 Å². The average Bonchev–Trinajstić information content (AvgIpc) is 2.59. The van der Waals surface area contributed by atoms with E-state index in [1.165, 1.54) is 6.07 Å². The van der Waals surface area contributed by atoms with Crippen molar-refractivity contribution in [1.29, 1.82) is 0 Å². The van der Waals surface area contributed by atoms with Crippen LogP contribution in [-0.4, -0.2) is 55.1 Å². The number of ether oxygens (including phenoxy) is 1. The number of hydrogen-bond acceptors (Lipinski definition) is 3. The van der Waals surface area contributed by atoms with Crippen LogP contribution in [0.3, 0.4) is 0 Å². The molecule has 2 saturated heterocycles. The minimum atomic E-state index is -0.266. The van der Waals surface area contributed by atoms with E-state index in [1.807, 2.05) is 4.90 Å². The van der Waals surface area contributed by atoms with Gasteiger partial charge in [-0.2, -0.15) is 0 Å². The predicted molar refractivity (Wildman–Crippen MR) is 86.8 cm³/mol. The number of piperazine rings is 1. The molecule has 2 aliphatic rings. The highest BCUT2D eigenvalue weighted by molar-refractivity contribution is 6.31. The Morgan fingerprint density at radius 2 is 1.91 bits per heavy atom. The third-order valence-electron chi connectivity index (χ3n) is 4.70. The van der Waals surface area contributed by atoms with E-state index in [4.69, 9.17) is 16.3 Å². The smallest absolute Gasteiger partial charge is 0.225 e. The first-order valence-corrected chi connectivity index (χ1v) is 8.54. The molecule has 6 heteroatoms. The van der Waals surface area contributed by atoms with Gasteiger partial charge in [-0.1, -0.05) is 17.7 Å². The lowest BCUT2D eigenvalue weighted by molar-refractivity contribution is -0.140. The minimum Gasteiger partial charge on any atom is -0.381 e. The van der Waals surface area contributed by atoms with Gasteiger partial charge in [0.1, 0.15) is 5.82 Å². The molecule has 0 atom stereocenters. The molecule has 2 heterocycles. The quantitative estimate of drug-likeness (QED) is 0.847. The van der Waals surface area contributed by atoms with Gasteiger partial charge >= 0.3 is 0 Å². The lowest BCUT2D eigenvalue weighted by Gasteiger charge is -2.37. The van der Waals surface area contributed by atoms with Crippen molar-refractivity contribution in [2.75, 3.05) is 39.4 Å². The number of rotatable bonds is 3. The number of hydrogen-bond donors (Lipinski definition) is 0. The Bertz CT molecular complexity index is 535. The maximum Gasteiger partial charge on any atom is 0.225 e. The first kappa shape index (κ1) is 16.7. The molecule has 0 N–H and O–H groups in total. The first-order chi connectivity index (χ1) is 11.1. The van der Waals surface area contributed by atoms with E-state index >= 15 is 0 Å². The van der Waals surface area contributed by atoms with Gasteiger partial charge < -0.3 is 9.64 Å². The molecule has 0 aromatic heterocycles. The van der Waals surface area contributed by atoms with Crippen molar-refractivity contribution in [2.24, 2.45) is 5.92 Å². The van der Waals surface area contributed by atoms with E-state index < -0.39 is 0 Å². The van der Waals surface area contributed by atoms with Crippen molar-refractivity contribution in [2.45, 2.75) is 19.4 Å². The van der Waals surface area contributed by atoms with Crippen LogP contribution in [0.1, 0.15) is 18.4 Å². The Kier molecular flexibility index (Phi) is 5.51. The minimum absolute atomic E-state index is 0.108. The Balaban J connectivity index is 1.53. The van der Waals surface area contributed by atoms with Gasteiger partial charge in [-0.3, -0.25) is 9.69 Å². The molecule has 0 saturated carbocycles. The summed E-state index contributed by atoms with van der Waals surface area (Å²) in [5.41, 5.74) is 0.540. The molecule has 3 rings (SSSR count). The number of carbonyl (C=O) groups excluding carboxylic acids is 1. The highest BCUT2D eigenvalue weighted by Crippen LogP contribution is 2.22. The van der Waals surface area contributed by atoms with Crippen LogP contribution in [0.4, 0.5) is 4.39 Å². The normalized spacial score (nSPS) is 20.7. The molecule has 0 aliphatic carbocycles. The van der Waals surface area contributed by atoms with Crippen LogP contribution >= 0.6 is 11.6 Å². The van der Waals surface area contributed by atoms with Crippen LogP contribution in [-0.2, 0) is 16.1 Å². The standard InChI is InChI=1S/C17H22ClFN2O2/c18-15-2-1-3-16(19)14(15)12-20-6-8-21(9-7-20)17(22)13-4-10-23-11-5-13/h1-3,13H,4-12H2. The van der Waals surface area contributed by atoms with Crippen LogP contribution < -0.4 is 0 Å². The lowest BCUT2D eigenvalue weighted by atomic mass is 9.98. The summed E-state index contributed by atoms with van der Waals surface area (Å²) in [5, 5.41) is 0.464. The second-order valence-electron chi connectivity index (χ2n) is 6.19. The molecule has 0 unspecified atom stereocenters. The van der Waals surface area contributed by atoms with Crippen molar-refractivity contribution in [3.05, 3.63) is 34.6 Å². The second kappa shape index (κ2) is 7.60. The summed E-state index contributed by atoms with van der Waals surface area (Å²) in [6.07, 6.45) is 1.65. The molecule has 2 fully saturated rings. The summed E-state index contributed by atoms with van der Waals surface area (Å²) in [6.45, 7) is 4.75. The fraction of sp³-hybridized carbons (Fsp3) is 0.588. The molecule has 1 aromatic carbocycles. The van der Waals surface area contributed by atoms with Gasteiger partial charge in [0.15, 0.2) is 0 Å². The van der Waals surface area contributed by atoms with Crippen LogP contribution in [0.15, 0.2) is 18.2 Å². The van der Waals surface area contributed by atoms with Crippen molar-refractivity contribution < 1.29 is 13.9 Å². The van der Waals surface area contributed by atoms with Crippen molar-refractivity contribution in [3.63, 3.8) is 0 Å². The lowest BCUT2D eigenvalue weighted by Crippen LogP contribution is -2.50. The molecule has 23 heavy (non-hydrogen) atoms. The fourth-order valence-electron chi connectivity index (χ4n) is 3.24. The van der Waals surface area contributed by atoms with Gasteiger partial charge in [-0.05, 0) is 25.0 Å². The summed E-state index contributed by atoms with van der Waals surface area (Å²) in [5.74, 6) is 0.0893. The van der Waals surface area contributed by atoms with Crippen molar-refractivity contribution in [1.82, 2.24) is 9.80 Å². The Hall–Kier alpha value is -1.17. The van der Waals surface area contributed by atoms with Crippen molar-refractivity contribution in [3.8, 4) is 0 Å². The molecular formula is C17H22ClFN2O2. The Morgan fingerprint density at radius 1 is 1.22 bits per heavy atom. The van der Waals surface area contributed by atoms with E-state index in [9.17, 15) is 9.18 Å². The molecule has 4 nitrogen and oxygen atoms in total. The SMILES string of the molecule is O=C(C1CCOCC1)N1CCN(Cc2c(F)cccc2Cl)CC1. The zero-order valence-corrected chi connectivity index (χ0v) is 13.9. The van der Waals surface area contributed by atoms with Crippen LogP contribution in [0.25, 0.3) is 0 Å². The third kappa shape index (κ3) is 4.03. The molecule has 1 aromatic rings. The molecule has 0 spiro atoms. The Morgan fingerprint density at radius 3 is 2.57 bits per heavy atom. The zero-order valence-electron chi connectivity index (χ0n) is 13.1. The van der Waals surface area contributed by atoms with Gasteiger partial charge in [-0.15, -0.1) is 0 Å². The van der Waals surface area contributed by atoms with Gasteiger partial charge in [0.2, 0.25) is 5.91 Å². The van der Waals surface area contributed by atoms with Crippen LogP contribution in [0.2, 0.25) is 5.02 Å². The summed E-state index contributed by atoms with van der Waals surface area (Å²) in [7, 11) is 0.